The number of ether oxygens (including phenoxy) is 1. The first-order chi connectivity index (χ1) is 10.1. The zero-order valence-corrected chi connectivity index (χ0v) is 14.0. The second kappa shape index (κ2) is 6.38. The van der Waals surface area contributed by atoms with Crippen molar-refractivity contribution in [3.05, 3.63) is 0 Å². The van der Waals surface area contributed by atoms with Crippen LogP contribution in [0, 0.1) is 10.8 Å². The molecule has 22 heavy (non-hydrogen) atoms. The highest BCUT2D eigenvalue weighted by molar-refractivity contribution is 6.60. The number of hydrogen-bond acceptors (Lipinski definition) is 6. The van der Waals surface area contributed by atoms with Gasteiger partial charge in [0, 0.05) is 18.2 Å². The van der Waals surface area contributed by atoms with E-state index in [2.05, 4.69) is 27.7 Å². The normalized spacial score (nSPS) is 35.5. The van der Waals surface area contributed by atoms with Crippen LogP contribution in [-0.2, 0) is 9.39 Å². The predicted molar refractivity (Wildman–Crippen MR) is 84.4 cm³/mol. The van der Waals surface area contributed by atoms with Crippen LogP contribution in [0.3, 0.4) is 0 Å². The highest BCUT2D eigenvalue weighted by Crippen LogP contribution is 2.50. The van der Waals surface area contributed by atoms with Gasteiger partial charge in [0.25, 0.3) is 0 Å². The highest BCUT2D eigenvalue weighted by atomic mass is 16.7. The fourth-order valence-electron chi connectivity index (χ4n) is 3.91. The summed E-state index contributed by atoms with van der Waals surface area (Å²) in [6.07, 6.45) is -1.43. The third kappa shape index (κ3) is 3.50. The van der Waals surface area contributed by atoms with Crippen molar-refractivity contribution < 1.29 is 24.7 Å². The summed E-state index contributed by atoms with van der Waals surface area (Å²) in [6.45, 7) is 9.11. The van der Waals surface area contributed by atoms with Crippen molar-refractivity contribution in [3.63, 3.8) is 0 Å². The van der Waals surface area contributed by atoms with Gasteiger partial charge in [-0.25, -0.2) is 0 Å². The average molecular weight is 315 g/mol. The van der Waals surface area contributed by atoms with Crippen molar-refractivity contribution in [2.45, 2.75) is 64.2 Å². The van der Waals surface area contributed by atoms with E-state index in [1.807, 2.05) is 0 Å². The number of hydrogen-bond donors (Lipinski definition) is 4. The Balaban J connectivity index is 1.87. The van der Waals surface area contributed by atoms with Gasteiger partial charge in [0.2, 0.25) is 0 Å². The van der Waals surface area contributed by atoms with E-state index in [0.717, 1.165) is 6.42 Å². The minimum atomic E-state index is -0.946. The molecule has 0 saturated carbocycles. The SMILES string of the molecule is CC(C)(CN)CC(C)(C)COC1OB2C(CO)C(O)C(O)C21. The van der Waals surface area contributed by atoms with E-state index in [1.54, 1.807) is 0 Å². The minimum Gasteiger partial charge on any atom is -0.411 e. The molecule has 2 aliphatic rings. The first kappa shape index (κ1) is 18.2. The molecule has 0 amide bonds. The van der Waals surface area contributed by atoms with E-state index in [0.29, 0.717) is 13.2 Å². The lowest BCUT2D eigenvalue weighted by Crippen LogP contribution is -2.52. The van der Waals surface area contributed by atoms with Crippen LogP contribution in [-0.4, -0.2) is 60.5 Å². The van der Waals surface area contributed by atoms with Crippen LogP contribution >= 0.6 is 0 Å². The van der Waals surface area contributed by atoms with Crippen LogP contribution in [0.4, 0.5) is 0 Å². The monoisotopic (exact) mass is 315 g/mol. The predicted octanol–water partition coefficient (Wildman–Crippen LogP) is 0.220. The molecule has 2 fully saturated rings. The highest BCUT2D eigenvalue weighted by Gasteiger charge is 2.64. The lowest BCUT2D eigenvalue weighted by atomic mass is 9.47. The molecule has 0 aromatic heterocycles. The minimum absolute atomic E-state index is 0.0426. The fraction of sp³-hybridized carbons (Fsp3) is 1.00. The molecular weight excluding hydrogens is 285 g/mol. The van der Waals surface area contributed by atoms with Crippen molar-refractivity contribution in [2.24, 2.45) is 16.6 Å². The summed E-state index contributed by atoms with van der Waals surface area (Å²) in [5.74, 6) is -0.686. The van der Waals surface area contributed by atoms with Gasteiger partial charge in [-0.2, -0.15) is 0 Å². The van der Waals surface area contributed by atoms with Gasteiger partial charge in [-0.15, -0.1) is 0 Å². The van der Waals surface area contributed by atoms with Gasteiger partial charge in [0.15, 0.2) is 0 Å². The fourth-order valence-corrected chi connectivity index (χ4v) is 3.91. The zero-order valence-electron chi connectivity index (χ0n) is 14.0. The summed E-state index contributed by atoms with van der Waals surface area (Å²) in [6, 6.07) is 0. The molecule has 0 aliphatic carbocycles. The molecule has 2 rings (SSSR count). The van der Waals surface area contributed by atoms with Crippen LogP contribution in [0.2, 0.25) is 11.6 Å². The van der Waals surface area contributed by atoms with Crippen molar-refractivity contribution in [1.29, 1.82) is 0 Å². The molecule has 5 atom stereocenters. The Bertz CT molecular complexity index is 392. The summed E-state index contributed by atoms with van der Waals surface area (Å²) in [5.41, 5.74) is 5.77. The maximum absolute atomic E-state index is 10.1. The molecule has 7 heteroatoms. The van der Waals surface area contributed by atoms with E-state index >= 15 is 0 Å². The molecule has 0 radical (unpaired) electrons. The van der Waals surface area contributed by atoms with E-state index in [-0.39, 0.29) is 30.2 Å². The third-order valence-corrected chi connectivity index (χ3v) is 4.95. The summed E-state index contributed by atoms with van der Waals surface area (Å²) >= 11 is 0. The van der Waals surface area contributed by atoms with Gasteiger partial charge in [-0.05, 0) is 23.8 Å². The summed E-state index contributed by atoms with van der Waals surface area (Å²) in [4.78, 5) is 0. The van der Waals surface area contributed by atoms with E-state index in [1.165, 1.54) is 0 Å². The standard InChI is InChI=1S/C15H30BNO5/c1-14(2,7-17)6-15(3,4)8-21-13-10-12(20)11(19)9(5-18)16(10)22-13/h9-13,18-20H,5-8,17H2,1-4H3. The molecule has 6 nitrogen and oxygen atoms in total. The number of fused-ring (bicyclic) bond motifs is 1. The molecule has 5 N–H and O–H groups in total. The lowest BCUT2D eigenvalue weighted by Gasteiger charge is -2.43. The number of aliphatic hydroxyl groups excluding tert-OH is 3. The smallest absolute Gasteiger partial charge is 0.315 e. The number of nitrogens with two attached hydrogens (primary N) is 1. The van der Waals surface area contributed by atoms with Gasteiger partial charge in [0.05, 0.1) is 18.8 Å². The molecule has 0 aromatic carbocycles. The Morgan fingerprint density at radius 1 is 1.14 bits per heavy atom. The van der Waals surface area contributed by atoms with E-state index in [9.17, 15) is 15.3 Å². The molecule has 2 heterocycles. The van der Waals surface area contributed by atoms with Gasteiger partial charge in [-0.3, -0.25) is 0 Å². The Morgan fingerprint density at radius 2 is 1.77 bits per heavy atom. The summed E-state index contributed by atoms with van der Waals surface area (Å²) < 4.78 is 11.5. The van der Waals surface area contributed by atoms with Gasteiger partial charge in [-0.1, -0.05) is 27.7 Å². The van der Waals surface area contributed by atoms with Crippen LogP contribution in [0.1, 0.15) is 34.1 Å². The Kier molecular flexibility index (Phi) is 5.27. The van der Waals surface area contributed by atoms with Crippen molar-refractivity contribution in [1.82, 2.24) is 0 Å². The Labute approximate surface area is 133 Å². The maximum atomic E-state index is 10.1. The molecule has 5 unspecified atom stereocenters. The first-order valence-electron chi connectivity index (χ1n) is 8.06. The molecule has 2 saturated heterocycles. The number of aliphatic hydroxyl groups is 3. The van der Waals surface area contributed by atoms with Gasteiger partial charge < -0.3 is 30.4 Å². The second-order valence-electron chi connectivity index (χ2n) is 8.39. The molecule has 2 aliphatic heterocycles. The first-order valence-corrected chi connectivity index (χ1v) is 8.06. The Hall–Kier alpha value is -0.175. The summed E-state index contributed by atoms with van der Waals surface area (Å²) in [5, 5.41) is 29.3. The van der Waals surface area contributed by atoms with Crippen molar-refractivity contribution in [2.75, 3.05) is 19.8 Å². The van der Waals surface area contributed by atoms with Crippen LogP contribution in [0.5, 0.6) is 0 Å². The molecular formula is C15H30BNO5. The third-order valence-electron chi connectivity index (χ3n) is 4.95. The molecule has 0 aromatic rings. The van der Waals surface area contributed by atoms with Crippen LogP contribution < -0.4 is 5.73 Å². The average Bonchev–Trinajstić information content (AvgIpc) is 2.57. The molecule has 0 bridgehead atoms. The largest absolute Gasteiger partial charge is 0.411 e. The summed E-state index contributed by atoms with van der Waals surface area (Å²) in [7, 11) is 0. The van der Waals surface area contributed by atoms with E-state index in [4.69, 9.17) is 15.1 Å². The van der Waals surface area contributed by atoms with Gasteiger partial charge >= 0.3 is 6.92 Å². The van der Waals surface area contributed by atoms with Crippen LogP contribution in [0.25, 0.3) is 0 Å². The Morgan fingerprint density at radius 3 is 2.32 bits per heavy atom. The van der Waals surface area contributed by atoms with Gasteiger partial charge in [0.1, 0.15) is 6.29 Å². The van der Waals surface area contributed by atoms with Crippen molar-refractivity contribution >= 4 is 6.92 Å². The molecule has 128 valence electrons. The second-order valence-corrected chi connectivity index (χ2v) is 8.39. The lowest BCUT2D eigenvalue weighted by molar-refractivity contribution is -0.162. The quantitative estimate of drug-likeness (QED) is 0.501. The number of rotatable bonds is 7. The van der Waals surface area contributed by atoms with Crippen LogP contribution in [0.15, 0.2) is 0 Å². The maximum Gasteiger partial charge on any atom is 0.315 e. The topological polar surface area (TPSA) is 105 Å². The van der Waals surface area contributed by atoms with Crippen molar-refractivity contribution in [3.8, 4) is 0 Å². The van der Waals surface area contributed by atoms with E-state index < -0.39 is 24.3 Å². The zero-order chi connectivity index (χ0) is 16.7. The molecule has 0 spiro atoms.